The molecule has 0 aromatic heterocycles. The molecule has 0 saturated carbocycles. The Hall–Kier alpha value is -1.27. The zero-order valence-electron chi connectivity index (χ0n) is 14.7. The molecule has 22 heavy (non-hydrogen) atoms. The minimum absolute atomic E-state index is 0.285. The molecule has 0 bridgehead atoms. The first-order chi connectivity index (χ1) is 10.2. The quantitative estimate of drug-likeness (QED) is 0.246. The van der Waals surface area contributed by atoms with E-state index in [1.807, 2.05) is 20.4 Å². The van der Waals surface area contributed by atoms with E-state index in [-0.39, 0.29) is 11.7 Å². The average Bonchev–Trinajstić information content (AvgIpc) is 2.40. The van der Waals surface area contributed by atoms with Crippen LogP contribution in [0.5, 0.6) is 0 Å². The third kappa shape index (κ3) is 7.13. The first-order valence-corrected chi connectivity index (χ1v) is 10.1. The maximum Gasteiger partial charge on any atom is 0.486 e. The van der Waals surface area contributed by atoms with E-state index in [9.17, 15) is 4.79 Å². The van der Waals surface area contributed by atoms with Crippen molar-refractivity contribution in [2.24, 2.45) is 0 Å². The molecule has 0 heterocycles. The molecule has 0 saturated heterocycles. The molecule has 0 fully saturated rings. The summed E-state index contributed by atoms with van der Waals surface area (Å²) in [4.78, 5) is 11.5. The van der Waals surface area contributed by atoms with Gasteiger partial charge in [-0.3, -0.25) is 4.79 Å². The van der Waals surface area contributed by atoms with Crippen LogP contribution < -0.4 is 0 Å². The topological polar surface area (TPSA) is 54.0 Å². The van der Waals surface area contributed by atoms with Crippen LogP contribution in [0.1, 0.15) is 53.9 Å². The number of allylic oxidation sites excluding steroid dienone is 2. The van der Waals surface area contributed by atoms with Crippen LogP contribution in [0.2, 0.25) is 6.55 Å². The number of esters is 1. The van der Waals surface area contributed by atoms with Crippen LogP contribution in [0.25, 0.3) is 0 Å². The highest BCUT2D eigenvalue weighted by Crippen LogP contribution is 2.25. The van der Waals surface area contributed by atoms with E-state index in [4.69, 9.17) is 18.3 Å². The van der Waals surface area contributed by atoms with E-state index in [0.717, 1.165) is 0 Å². The molecule has 5 nitrogen and oxygen atoms in total. The SMILES string of the molecule is C=C(C)O[Si](C)(OC(=C)C)C(CC)OC(CC)OC(=O)CC. The van der Waals surface area contributed by atoms with Gasteiger partial charge < -0.3 is 18.3 Å². The molecule has 0 rings (SSSR count). The smallest absolute Gasteiger partial charge is 0.486 e. The molecule has 2 atom stereocenters. The van der Waals surface area contributed by atoms with Crippen LogP contribution in [0.15, 0.2) is 24.7 Å². The number of ether oxygens (including phenoxy) is 2. The Morgan fingerprint density at radius 3 is 1.86 bits per heavy atom. The molecule has 0 aromatic carbocycles. The number of hydrogen-bond donors (Lipinski definition) is 0. The Kier molecular flexibility index (Phi) is 9.12. The first-order valence-electron chi connectivity index (χ1n) is 7.72. The van der Waals surface area contributed by atoms with Gasteiger partial charge in [-0.25, -0.2) is 0 Å². The minimum Gasteiger partial charge on any atom is -0.515 e. The molecule has 0 N–H and O–H groups in total. The Bertz CT molecular complexity index is 378. The number of carbonyl (C=O) groups is 1. The lowest BCUT2D eigenvalue weighted by Crippen LogP contribution is -2.52. The second kappa shape index (κ2) is 9.68. The predicted octanol–water partition coefficient (Wildman–Crippen LogP) is 4.18. The molecular weight excluding hydrogens is 300 g/mol. The summed E-state index contributed by atoms with van der Waals surface area (Å²) in [6.45, 7) is 18.7. The fraction of sp³-hybridized carbons (Fsp3) is 0.688. The van der Waals surface area contributed by atoms with Gasteiger partial charge >= 0.3 is 14.5 Å². The van der Waals surface area contributed by atoms with E-state index in [2.05, 4.69) is 13.2 Å². The van der Waals surface area contributed by atoms with Gasteiger partial charge in [-0.15, -0.1) is 0 Å². The van der Waals surface area contributed by atoms with Crippen molar-refractivity contribution in [1.82, 2.24) is 0 Å². The Labute approximate surface area is 135 Å². The van der Waals surface area contributed by atoms with Crippen LogP contribution >= 0.6 is 0 Å². The number of hydrogen-bond acceptors (Lipinski definition) is 5. The van der Waals surface area contributed by atoms with Crippen LogP contribution in [-0.4, -0.2) is 26.5 Å². The van der Waals surface area contributed by atoms with Gasteiger partial charge in [0.1, 0.15) is 5.73 Å². The van der Waals surface area contributed by atoms with Gasteiger partial charge in [0.15, 0.2) is 0 Å². The normalized spacial score (nSPS) is 13.9. The van der Waals surface area contributed by atoms with Gasteiger partial charge in [-0.1, -0.05) is 33.9 Å². The fourth-order valence-corrected chi connectivity index (χ4v) is 4.88. The Morgan fingerprint density at radius 2 is 1.55 bits per heavy atom. The molecule has 2 unspecified atom stereocenters. The van der Waals surface area contributed by atoms with Gasteiger partial charge in [0.2, 0.25) is 6.29 Å². The molecule has 0 aliphatic heterocycles. The molecular formula is C16H30O5Si. The summed E-state index contributed by atoms with van der Waals surface area (Å²) in [7, 11) is -2.76. The molecule has 0 aromatic rings. The van der Waals surface area contributed by atoms with Crippen molar-refractivity contribution in [2.45, 2.75) is 72.4 Å². The van der Waals surface area contributed by atoms with E-state index >= 15 is 0 Å². The average molecular weight is 330 g/mol. The molecule has 0 aliphatic carbocycles. The zero-order valence-corrected chi connectivity index (χ0v) is 15.7. The molecule has 0 radical (unpaired) electrons. The van der Waals surface area contributed by atoms with Gasteiger partial charge in [0, 0.05) is 19.4 Å². The van der Waals surface area contributed by atoms with Crippen molar-refractivity contribution in [3.8, 4) is 0 Å². The van der Waals surface area contributed by atoms with Crippen molar-refractivity contribution in [2.75, 3.05) is 0 Å². The van der Waals surface area contributed by atoms with E-state index < -0.39 is 14.9 Å². The predicted molar refractivity (Wildman–Crippen MR) is 89.0 cm³/mol. The summed E-state index contributed by atoms with van der Waals surface area (Å²) < 4.78 is 23.0. The van der Waals surface area contributed by atoms with Crippen molar-refractivity contribution in [1.29, 1.82) is 0 Å². The molecule has 128 valence electrons. The molecule has 0 spiro atoms. The molecule has 6 heteroatoms. The van der Waals surface area contributed by atoms with Gasteiger partial charge in [0.05, 0.1) is 11.5 Å². The molecule has 0 amide bonds. The summed E-state index contributed by atoms with van der Waals surface area (Å²) in [5.74, 6) is 0.846. The maximum absolute atomic E-state index is 11.5. The number of rotatable bonds is 11. The second-order valence-corrected chi connectivity index (χ2v) is 8.42. The summed E-state index contributed by atoms with van der Waals surface area (Å²) >= 11 is 0. The summed E-state index contributed by atoms with van der Waals surface area (Å²) in [5.41, 5.74) is -0.310. The largest absolute Gasteiger partial charge is 0.515 e. The van der Waals surface area contributed by atoms with Crippen LogP contribution in [0, 0.1) is 0 Å². The van der Waals surface area contributed by atoms with Gasteiger partial charge in [-0.2, -0.15) is 0 Å². The monoisotopic (exact) mass is 330 g/mol. The summed E-state index contributed by atoms with van der Waals surface area (Å²) in [6, 6.07) is 0. The van der Waals surface area contributed by atoms with Gasteiger partial charge in [-0.05, 0) is 20.3 Å². The fourth-order valence-electron chi connectivity index (χ4n) is 2.06. The van der Waals surface area contributed by atoms with E-state index in [1.54, 1.807) is 20.8 Å². The standard InChI is InChI=1S/C16H30O5Si/c1-9-14(17)18-15(10-2)19-16(11-3)22(8,20-12(4)5)21-13(6)7/h15-16H,4,6,9-11H2,1-3,5,7-8H3. The van der Waals surface area contributed by atoms with E-state index in [0.29, 0.717) is 30.8 Å². The van der Waals surface area contributed by atoms with Crippen molar-refractivity contribution >= 4 is 14.5 Å². The number of carbonyl (C=O) groups excluding carboxylic acids is 1. The van der Waals surface area contributed by atoms with Gasteiger partial charge in [0.25, 0.3) is 0 Å². The van der Waals surface area contributed by atoms with Crippen molar-refractivity contribution in [3.63, 3.8) is 0 Å². The highest BCUT2D eigenvalue weighted by atomic mass is 28.4. The van der Waals surface area contributed by atoms with Crippen molar-refractivity contribution in [3.05, 3.63) is 24.7 Å². The minimum atomic E-state index is -2.76. The first kappa shape index (κ1) is 20.7. The Balaban J connectivity index is 5.15. The van der Waals surface area contributed by atoms with Crippen molar-refractivity contribution < 1.29 is 23.1 Å². The highest BCUT2D eigenvalue weighted by molar-refractivity contribution is 6.68. The van der Waals surface area contributed by atoms with E-state index in [1.165, 1.54) is 0 Å². The zero-order chi connectivity index (χ0) is 17.3. The highest BCUT2D eigenvalue weighted by Gasteiger charge is 2.47. The third-order valence-corrected chi connectivity index (χ3v) is 6.13. The lowest BCUT2D eigenvalue weighted by molar-refractivity contribution is -0.186. The Morgan fingerprint density at radius 1 is 1.05 bits per heavy atom. The lowest BCUT2D eigenvalue weighted by Gasteiger charge is -2.35. The molecule has 0 aliphatic rings. The summed E-state index contributed by atoms with van der Waals surface area (Å²) in [5, 5.41) is 0. The summed E-state index contributed by atoms with van der Waals surface area (Å²) in [6.07, 6.45) is 0.943. The third-order valence-electron chi connectivity index (χ3n) is 2.91. The van der Waals surface area contributed by atoms with Crippen LogP contribution in [0.3, 0.4) is 0 Å². The maximum atomic E-state index is 11.5. The second-order valence-electron chi connectivity index (χ2n) is 5.34. The van der Waals surface area contributed by atoms with Crippen LogP contribution in [0.4, 0.5) is 0 Å². The lowest BCUT2D eigenvalue weighted by atomic mass is 10.4. The van der Waals surface area contributed by atoms with Crippen LogP contribution in [-0.2, 0) is 23.1 Å².